The number of nitrogens with one attached hydrogen (secondary N) is 1. The number of hydrogen-bond donors (Lipinski definition) is 1. The lowest BCUT2D eigenvalue weighted by Gasteiger charge is -2.09. The predicted molar refractivity (Wildman–Crippen MR) is 99.2 cm³/mol. The Bertz CT molecular complexity index is 783. The number of alkyl halides is 3. The Kier molecular flexibility index (Phi) is 6.86. The Morgan fingerprint density at radius 2 is 1.85 bits per heavy atom. The topological polar surface area (TPSA) is 29.1 Å². The van der Waals surface area contributed by atoms with E-state index in [9.17, 15) is 18.0 Å². The average Bonchev–Trinajstić information content (AvgIpc) is 2.59. The standard InChI is InChI=1S/C20H19ClF3NO/c1-2-3-4-14-5-9-16(10-6-14)25-19(26)12-8-15-7-11-18(21)17(13-15)20(22,23)24/h5-13H,2-4H2,1H3,(H,25,26)/b12-8+. The molecule has 2 nitrogen and oxygen atoms in total. The van der Waals surface area contributed by atoms with Crippen molar-refractivity contribution in [2.24, 2.45) is 0 Å². The fourth-order valence-electron chi connectivity index (χ4n) is 2.36. The van der Waals surface area contributed by atoms with Gasteiger partial charge in [-0.3, -0.25) is 4.79 Å². The number of carbonyl (C=O) groups excluding carboxylic acids is 1. The van der Waals surface area contributed by atoms with Gasteiger partial charge in [0.25, 0.3) is 0 Å². The molecule has 0 aromatic heterocycles. The Hall–Kier alpha value is -2.27. The van der Waals surface area contributed by atoms with Gasteiger partial charge in [0.1, 0.15) is 0 Å². The van der Waals surface area contributed by atoms with Gasteiger partial charge >= 0.3 is 6.18 Å². The molecule has 2 rings (SSSR count). The van der Waals surface area contributed by atoms with Crippen molar-refractivity contribution in [3.63, 3.8) is 0 Å². The van der Waals surface area contributed by atoms with Crippen molar-refractivity contribution in [1.29, 1.82) is 0 Å². The molecule has 0 bridgehead atoms. The second-order valence-corrected chi connectivity index (χ2v) is 6.27. The number of halogens is 4. The summed E-state index contributed by atoms with van der Waals surface area (Å²) in [6.45, 7) is 2.12. The summed E-state index contributed by atoms with van der Waals surface area (Å²) in [4.78, 5) is 11.9. The van der Waals surface area contributed by atoms with Crippen LogP contribution in [0.3, 0.4) is 0 Å². The van der Waals surface area contributed by atoms with Crippen molar-refractivity contribution in [3.8, 4) is 0 Å². The minimum Gasteiger partial charge on any atom is -0.323 e. The molecule has 138 valence electrons. The van der Waals surface area contributed by atoms with Crippen LogP contribution < -0.4 is 5.32 Å². The van der Waals surface area contributed by atoms with E-state index in [1.165, 1.54) is 23.8 Å². The summed E-state index contributed by atoms with van der Waals surface area (Å²) < 4.78 is 38.5. The molecule has 0 aliphatic heterocycles. The van der Waals surface area contributed by atoms with Crippen LogP contribution in [0.25, 0.3) is 6.08 Å². The number of unbranched alkanes of at least 4 members (excludes halogenated alkanes) is 1. The molecule has 0 radical (unpaired) electrons. The normalized spacial score (nSPS) is 11.7. The zero-order chi connectivity index (χ0) is 19.2. The Labute approximate surface area is 155 Å². The molecule has 2 aromatic rings. The third-order valence-electron chi connectivity index (χ3n) is 3.76. The molecule has 0 spiro atoms. The summed E-state index contributed by atoms with van der Waals surface area (Å²) >= 11 is 5.57. The lowest BCUT2D eigenvalue weighted by Crippen LogP contribution is -2.08. The van der Waals surface area contributed by atoms with Crippen molar-refractivity contribution in [2.45, 2.75) is 32.4 Å². The molecule has 1 amide bonds. The van der Waals surface area contributed by atoms with E-state index in [0.717, 1.165) is 31.4 Å². The maximum absolute atomic E-state index is 12.8. The van der Waals surface area contributed by atoms with Crippen LogP contribution in [-0.2, 0) is 17.4 Å². The maximum atomic E-state index is 12.8. The Balaban J connectivity index is 2.01. The predicted octanol–water partition coefficient (Wildman–Crippen LogP) is 6.35. The molecule has 0 fully saturated rings. The first-order valence-electron chi connectivity index (χ1n) is 8.24. The van der Waals surface area contributed by atoms with E-state index in [0.29, 0.717) is 5.69 Å². The number of carbonyl (C=O) groups is 1. The van der Waals surface area contributed by atoms with Crippen LogP contribution in [0.1, 0.15) is 36.5 Å². The summed E-state index contributed by atoms with van der Waals surface area (Å²) in [5.74, 6) is -0.421. The van der Waals surface area contributed by atoms with Gasteiger partial charge in [0.15, 0.2) is 0 Å². The fourth-order valence-corrected chi connectivity index (χ4v) is 2.58. The maximum Gasteiger partial charge on any atom is 0.417 e. The van der Waals surface area contributed by atoms with Crippen molar-refractivity contribution < 1.29 is 18.0 Å². The molecular formula is C20H19ClF3NO. The van der Waals surface area contributed by atoms with Gasteiger partial charge in [0.05, 0.1) is 10.6 Å². The zero-order valence-electron chi connectivity index (χ0n) is 14.2. The highest BCUT2D eigenvalue weighted by molar-refractivity contribution is 6.31. The van der Waals surface area contributed by atoms with Gasteiger partial charge in [-0.05, 0) is 54.3 Å². The summed E-state index contributed by atoms with van der Waals surface area (Å²) in [5.41, 5.74) is 1.14. The minimum absolute atomic E-state index is 0.242. The molecule has 0 unspecified atom stereocenters. The van der Waals surface area contributed by atoms with E-state index >= 15 is 0 Å². The largest absolute Gasteiger partial charge is 0.417 e. The molecule has 2 aromatic carbocycles. The van der Waals surface area contributed by atoms with Crippen LogP contribution in [0, 0.1) is 0 Å². The smallest absolute Gasteiger partial charge is 0.323 e. The average molecular weight is 382 g/mol. The molecule has 6 heteroatoms. The van der Waals surface area contributed by atoms with Crippen LogP contribution in [-0.4, -0.2) is 5.91 Å². The van der Waals surface area contributed by atoms with Gasteiger partial charge in [-0.25, -0.2) is 0 Å². The van der Waals surface area contributed by atoms with Crippen LogP contribution in [0.15, 0.2) is 48.5 Å². The first-order valence-corrected chi connectivity index (χ1v) is 8.62. The van der Waals surface area contributed by atoms with Gasteiger partial charge in [0.2, 0.25) is 5.91 Å². The zero-order valence-corrected chi connectivity index (χ0v) is 15.0. The second kappa shape index (κ2) is 8.90. The Morgan fingerprint density at radius 3 is 2.46 bits per heavy atom. The van der Waals surface area contributed by atoms with Crippen molar-refractivity contribution in [3.05, 3.63) is 70.3 Å². The third kappa shape index (κ3) is 5.92. The number of rotatable bonds is 6. The minimum atomic E-state index is -4.54. The summed E-state index contributed by atoms with van der Waals surface area (Å²) in [6.07, 6.45) is 1.18. The summed E-state index contributed by atoms with van der Waals surface area (Å²) in [5, 5.41) is 2.30. The van der Waals surface area contributed by atoms with Crippen molar-refractivity contribution in [1.82, 2.24) is 0 Å². The van der Waals surface area contributed by atoms with E-state index in [2.05, 4.69) is 12.2 Å². The van der Waals surface area contributed by atoms with Crippen molar-refractivity contribution in [2.75, 3.05) is 5.32 Å². The van der Waals surface area contributed by atoms with Gasteiger partial charge in [-0.2, -0.15) is 13.2 Å². The number of aryl methyl sites for hydroxylation is 1. The molecule has 0 aliphatic carbocycles. The fraction of sp³-hybridized carbons (Fsp3) is 0.250. The van der Waals surface area contributed by atoms with Crippen LogP contribution in [0.2, 0.25) is 5.02 Å². The first-order chi connectivity index (χ1) is 12.3. The summed E-state index contributed by atoms with van der Waals surface area (Å²) in [7, 11) is 0. The van der Waals surface area contributed by atoms with E-state index in [1.807, 2.05) is 12.1 Å². The highest BCUT2D eigenvalue weighted by Gasteiger charge is 2.33. The molecule has 0 heterocycles. The number of hydrogen-bond acceptors (Lipinski definition) is 1. The molecule has 0 saturated carbocycles. The SMILES string of the molecule is CCCCc1ccc(NC(=O)/C=C/c2ccc(Cl)c(C(F)(F)F)c2)cc1. The van der Waals surface area contributed by atoms with Gasteiger partial charge in [-0.1, -0.05) is 43.1 Å². The number of benzene rings is 2. The van der Waals surface area contributed by atoms with Crippen LogP contribution in [0.4, 0.5) is 18.9 Å². The molecule has 0 saturated heterocycles. The van der Waals surface area contributed by atoms with E-state index in [4.69, 9.17) is 11.6 Å². The quantitative estimate of drug-likeness (QED) is 0.580. The first kappa shape index (κ1) is 20.0. The molecule has 1 N–H and O–H groups in total. The van der Waals surface area contributed by atoms with Gasteiger partial charge in [-0.15, -0.1) is 0 Å². The van der Waals surface area contributed by atoms with E-state index < -0.39 is 17.6 Å². The van der Waals surface area contributed by atoms with Gasteiger partial charge < -0.3 is 5.32 Å². The van der Waals surface area contributed by atoms with Crippen LogP contribution in [0.5, 0.6) is 0 Å². The van der Waals surface area contributed by atoms with Crippen LogP contribution >= 0.6 is 11.6 Å². The lowest BCUT2D eigenvalue weighted by atomic mass is 10.1. The highest BCUT2D eigenvalue weighted by Crippen LogP contribution is 2.35. The number of anilines is 1. The van der Waals surface area contributed by atoms with Gasteiger partial charge in [0, 0.05) is 11.8 Å². The Morgan fingerprint density at radius 1 is 1.15 bits per heavy atom. The third-order valence-corrected chi connectivity index (χ3v) is 4.09. The van der Waals surface area contributed by atoms with Crippen molar-refractivity contribution >= 4 is 29.3 Å². The summed E-state index contributed by atoms with van der Waals surface area (Å²) in [6, 6.07) is 11.0. The molecule has 0 atom stereocenters. The molecule has 26 heavy (non-hydrogen) atoms. The second-order valence-electron chi connectivity index (χ2n) is 5.86. The molecular weight excluding hydrogens is 363 g/mol. The number of amides is 1. The van der Waals surface area contributed by atoms with E-state index in [1.54, 1.807) is 12.1 Å². The lowest BCUT2D eigenvalue weighted by molar-refractivity contribution is -0.137. The van der Waals surface area contributed by atoms with E-state index in [-0.39, 0.29) is 10.6 Å². The highest BCUT2D eigenvalue weighted by atomic mass is 35.5. The molecule has 0 aliphatic rings. The monoisotopic (exact) mass is 381 g/mol.